The van der Waals surface area contributed by atoms with Gasteiger partial charge in [-0.15, -0.1) is 0 Å². The fourth-order valence-corrected chi connectivity index (χ4v) is 1.80. The first kappa shape index (κ1) is 14.2. The van der Waals surface area contributed by atoms with Crippen LogP contribution in [0.1, 0.15) is 32.4 Å². The highest BCUT2D eigenvalue weighted by Gasteiger charge is 2.25. The Labute approximate surface area is 119 Å². The topological polar surface area (TPSA) is 59.8 Å². The Morgan fingerprint density at radius 1 is 1.20 bits per heavy atom. The minimum atomic E-state index is -0.426. The number of rotatable bonds is 4. The summed E-state index contributed by atoms with van der Waals surface area (Å²) in [5.41, 5.74) is 0.618. The van der Waals surface area contributed by atoms with Gasteiger partial charge in [0.15, 0.2) is 0 Å². The zero-order valence-corrected chi connectivity index (χ0v) is 12.1. The highest BCUT2D eigenvalue weighted by atomic mass is 16.2. The van der Waals surface area contributed by atoms with Crippen LogP contribution in [-0.2, 0) is 11.3 Å². The summed E-state index contributed by atoms with van der Waals surface area (Å²) in [6, 6.07) is 9.73. The van der Waals surface area contributed by atoms with Gasteiger partial charge < -0.3 is 5.32 Å². The standard InChI is InChI=1S/C15H20N4O/c1-15(2,3)14(20)18-13(11-19-16-9-10-17-19)12-7-5-4-6-8-12/h4-10,13H,11H2,1-3H3,(H,18,20)/t13-/m0/s1. The van der Waals surface area contributed by atoms with Gasteiger partial charge in [-0.1, -0.05) is 51.1 Å². The molecule has 1 N–H and O–H groups in total. The average molecular weight is 272 g/mol. The number of amides is 1. The molecule has 0 radical (unpaired) electrons. The van der Waals surface area contributed by atoms with Crippen LogP contribution in [0.5, 0.6) is 0 Å². The van der Waals surface area contributed by atoms with Gasteiger partial charge in [-0.3, -0.25) is 4.79 Å². The molecule has 1 aromatic carbocycles. The van der Waals surface area contributed by atoms with E-state index in [1.165, 1.54) is 0 Å². The molecule has 106 valence electrons. The number of aromatic nitrogens is 3. The molecule has 0 unspecified atom stereocenters. The van der Waals surface area contributed by atoms with Crippen molar-refractivity contribution in [3.05, 3.63) is 48.3 Å². The van der Waals surface area contributed by atoms with Gasteiger partial charge in [-0.25, -0.2) is 0 Å². The fourth-order valence-electron chi connectivity index (χ4n) is 1.80. The first-order valence-corrected chi connectivity index (χ1v) is 6.67. The fraction of sp³-hybridized carbons (Fsp3) is 0.400. The van der Waals surface area contributed by atoms with Crippen molar-refractivity contribution in [2.24, 2.45) is 5.41 Å². The number of nitrogens with one attached hydrogen (secondary N) is 1. The smallest absolute Gasteiger partial charge is 0.225 e. The van der Waals surface area contributed by atoms with Crippen molar-refractivity contribution in [2.75, 3.05) is 0 Å². The van der Waals surface area contributed by atoms with Crippen molar-refractivity contribution in [2.45, 2.75) is 33.4 Å². The molecule has 0 aliphatic heterocycles. The first-order valence-electron chi connectivity index (χ1n) is 6.67. The number of carbonyl (C=O) groups is 1. The summed E-state index contributed by atoms with van der Waals surface area (Å²) in [7, 11) is 0. The van der Waals surface area contributed by atoms with Gasteiger partial charge in [0.2, 0.25) is 5.91 Å². The normalized spacial score (nSPS) is 12.9. The molecule has 2 aromatic rings. The van der Waals surface area contributed by atoms with Crippen molar-refractivity contribution in [1.82, 2.24) is 20.3 Å². The molecule has 20 heavy (non-hydrogen) atoms. The van der Waals surface area contributed by atoms with E-state index in [0.29, 0.717) is 6.54 Å². The quantitative estimate of drug-likeness (QED) is 0.928. The van der Waals surface area contributed by atoms with Crippen LogP contribution in [0.25, 0.3) is 0 Å². The summed E-state index contributed by atoms with van der Waals surface area (Å²) in [5, 5.41) is 11.3. The van der Waals surface area contributed by atoms with E-state index in [1.807, 2.05) is 51.1 Å². The lowest BCUT2D eigenvalue weighted by Gasteiger charge is -2.24. The van der Waals surface area contributed by atoms with Crippen LogP contribution in [0.4, 0.5) is 0 Å². The van der Waals surface area contributed by atoms with Gasteiger partial charge in [0.1, 0.15) is 0 Å². The maximum absolute atomic E-state index is 12.2. The maximum atomic E-state index is 12.2. The highest BCUT2D eigenvalue weighted by Crippen LogP contribution is 2.19. The molecule has 0 saturated carbocycles. The largest absolute Gasteiger partial charge is 0.347 e. The molecule has 5 nitrogen and oxygen atoms in total. The van der Waals surface area contributed by atoms with Crippen LogP contribution in [0, 0.1) is 5.41 Å². The van der Waals surface area contributed by atoms with Gasteiger partial charge in [0, 0.05) is 5.41 Å². The van der Waals surface area contributed by atoms with Crippen molar-refractivity contribution in [1.29, 1.82) is 0 Å². The van der Waals surface area contributed by atoms with E-state index in [0.717, 1.165) is 5.56 Å². The molecular formula is C15H20N4O. The number of hydrogen-bond acceptors (Lipinski definition) is 3. The van der Waals surface area contributed by atoms with Crippen molar-refractivity contribution in [3.63, 3.8) is 0 Å². The van der Waals surface area contributed by atoms with E-state index in [2.05, 4.69) is 15.5 Å². The summed E-state index contributed by atoms with van der Waals surface area (Å²) in [6.45, 7) is 6.21. The lowest BCUT2D eigenvalue weighted by atomic mass is 9.94. The molecule has 0 bridgehead atoms. The minimum Gasteiger partial charge on any atom is -0.347 e. The Morgan fingerprint density at radius 3 is 2.35 bits per heavy atom. The van der Waals surface area contributed by atoms with Gasteiger partial charge >= 0.3 is 0 Å². The summed E-state index contributed by atoms with van der Waals surface area (Å²) in [6.07, 6.45) is 3.27. The molecule has 0 aliphatic rings. The Balaban J connectivity index is 2.18. The number of carbonyl (C=O) groups excluding carboxylic acids is 1. The lowest BCUT2D eigenvalue weighted by molar-refractivity contribution is -0.129. The molecule has 1 amide bonds. The van der Waals surface area contributed by atoms with Crippen molar-refractivity contribution in [3.8, 4) is 0 Å². The first-order chi connectivity index (χ1) is 9.47. The summed E-state index contributed by atoms with van der Waals surface area (Å²) in [5.74, 6) is 0.0125. The molecule has 1 heterocycles. The molecule has 5 heteroatoms. The van der Waals surface area contributed by atoms with E-state index in [9.17, 15) is 4.79 Å². The van der Waals surface area contributed by atoms with E-state index in [1.54, 1.807) is 17.2 Å². The van der Waals surface area contributed by atoms with Crippen LogP contribution in [0.3, 0.4) is 0 Å². The molecule has 0 aliphatic carbocycles. The minimum absolute atomic E-state index is 0.0125. The molecule has 2 rings (SSSR count). The van der Waals surface area contributed by atoms with Crippen LogP contribution in [-0.4, -0.2) is 20.9 Å². The van der Waals surface area contributed by atoms with Crippen LogP contribution in [0.2, 0.25) is 0 Å². The molecular weight excluding hydrogens is 252 g/mol. The van der Waals surface area contributed by atoms with Gasteiger partial charge in [-0.2, -0.15) is 15.0 Å². The Hall–Kier alpha value is -2.17. The second-order valence-electron chi connectivity index (χ2n) is 5.77. The predicted molar refractivity (Wildman–Crippen MR) is 76.8 cm³/mol. The third-order valence-electron chi connectivity index (χ3n) is 3.00. The second-order valence-corrected chi connectivity index (χ2v) is 5.77. The van der Waals surface area contributed by atoms with E-state index in [-0.39, 0.29) is 11.9 Å². The van der Waals surface area contributed by atoms with Gasteiger partial charge in [0.05, 0.1) is 25.0 Å². The SMILES string of the molecule is CC(C)(C)C(=O)N[C@@H](Cn1nccn1)c1ccccc1. The van der Waals surface area contributed by atoms with Gasteiger partial charge in [-0.05, 0) is 5.56 Å². The zero-order valence-electron chi connectivity index (χ0n) is 12.1. The number of nitrogens with zero attached hydrogens (tertiary/aromatic N) is 3. The van der Waals surface area contributed by atoms with Crippen LogP contribution >= 0.6 is 0 Å². The summed E-state index contributed by atoms with van der Waals surface area (Å²) < 4.78 is 0. The predicted octanol–water partition coefficient (Wildman–Crippen LogP) is 2.18. The highest BCUT2D eigenvalue weighted by molar-refractivity contribution is 5.81. The molecule has 1 atom stereocenters. The van der Waals surface area contributed by atoms with Crippen LogP contribution in [0.15, 0.2) is 42.7 Å². The summed E-state index contributed by atoms with van der Waals surface area (Å²) in [4.78, 5) is 13.8. The Morgan fingerprint density at radius 2 is 1.80 bits per heavy atom. The van der Waals surface area contributed by atoms with E-state index >= 15 is 0 Å². The molecule has 0 spiro atoms. The molecule has 0 fully saturated rings. The van der Waals surface area contributed by atoms with E-state index in [4.69, 9.17) is 0 Å². The lowest BCUT2D eigenvalue weighted by Crippen LogP contribution is -2.39. The van der Waals surface area contributed by atoms with Crippen molar-refractivity contribution < 1.29 is 4.79 Å². The van der Waals surface area contributed by atoms with E-state index < -0.39 is 5.41 Å². The third kappa shape index (κ3) is 3.66. The van der Waals surface area contributed by atoms with Crippen molar-refractivity contribution >= 4 is 5.91 Å². The Kier molecular flexibility index (Phi) is 4.17. The molecule has 0 saturated heterocycles. The molecule has 1 aromatic heterocycles. The monoisotopic (exact) mass is 272 g/mol. The summed E-state index contributed by atoms with van der Waals surface area (Å²) >= 11 is 0. The average Bonchev–Trinajstić information content (AvgIpc) is 2.91. The number of benzene rings is 1. The second kappa shape index (κ2) is 5.86. The Bertz CT molecular complexity index is 543. The maximum Gasteiger partial charge on any atom is 0.225 e. The zero-order chi connectivity index (χ0) is 14.6. The van der Waals surface area contributed by atoms with Crippen LogP contribution < -0.4 is 5.32 Å². The number of hydrogen-bond donors (Lipinski definition) is 1. The third-order valence-corrected chi connectivity index (χ3v) is 3.00. The van der Waals surface area contributed by atoms with Gasteiger partial charge in [0.25, 0.3) is 0 Å².